The van der Waals surface area contributed by atoms with Crippen LogP contribution in [0.3, 0.4) is 0 Å². The van der Waals surface area contributed by atoms with Crippen molar-refractivity contribution in [1.82, 2.24) is 5.32 Å². The first-order valence-electron chi connectivity index (χ1n) is 5.87. The maximum atomic E-state index is 11.4. The van der Waals surface area contributed by atoms with Crippen molar-refractivity contribution < 1.29 is 4.79 Å². The second-order valence-electron chi connectivity index (χ2n) is 4.77. The average Bonchev–Trinajstić information content (AvgIpc) is 2.26. The summed E-state index contributed by atoms with van der Waals surface area (Å²) < 4.78 is 0. The first-order chi connectivity index (χ1) is 7.50. The molecule has 0 aliphatic heterocycles. The number of hydrogen-bond acceptors (Lipinski definition) is 1. The number of carbonyl (C=O) groups excluding carboxylic acids is 1. The van der Waals surface area contributed by atoms with Crippen molar-refractivity contribution in [1.29, 1.82) is 0 Å². The molecule has 1 aromatic rings. The Kier molecular flexibility index (Phi) is 4.53. The molecule has 1 aromatic carbocycles. The smallest absolute Gasteiger partial charge is 0.222 e. The number of benzene rings is 1. The molecule has 0 bridgehead atoms. The largest absolute Gasteiger partial charge is 0.352 e. The van der Waals surface area contributed by atoms with E-state index in [1.165, 1.54) is 11.1 Å². The number of rotatable bonds is 4. The zero-order valence-corrected chi connectivity index (χ0v) is 10.6. The summed E-state index contributed by atoms with van der Waals surface area (Å²) in [6.07, 6.45) is 0. The van der Waals surface area contributed by atoms with Crippen LogP contribution in [0.15, 0.2) is 24.3 Å². The van der Waals surface area contributed by atoms with E-state index in [0.29, 0.717) is 12.5 Å². The van der Waals surface area contributed by atoms with E-state index in [-0.39, 0.29) is 11.8 Å². The predicted octanol–water partition coefficient (Wildman–Crippen LogP) is 3.08. The fraction of sp³-hybridized carbons (Fsp3) is 0.500. The fourth-order valence-corrected chi connectivity index (χ4v) is 1.46. The van der Waals surface area contributed by atoms with E-state index < -0.39 is 0 Å². The van der Waals surface area contributed by atoms with Gasteiger partial charge in [0.2, 0.25) is 5.91 Å². The summed E-state index contributed by atoms with van der Waals surface area (Å²) >= 11 is 0. The molecule has 0 heterocycles. The summed E-state index contributed by atoms with van der Waals surface area (Å²) in [6.45, 7) is 8.77. The Morgan fingerprint density at radius 3 is 2.50 bits per heavy atom. The highest BCUT2D eigenvalue weighted by Gasteiger charge is 2.06. The molecular weight excluding hydrogens is 198 g/mol. The van der Waals surface area contributed by atoms with Gasteiger partial charge in [0.25, 0.3) is 0 Å². The minimum absolute atomic E-state index is 0.0493. The van der Waals surface area contributed by atoms with Crippen LogP contribution in [0, 0.1) is 5.92 Å². The number of amides is 1. The monoisotopic (exact) mass is 219 g/mol. The summed E-state index contributed by atoms with van der Waals surface area (Å²) in [5, 5.41) is 2.93. The lowest BCUT2D eigenvalue weighted by Crippen LogP contribution is -2.27. The topological polar surface area (TPSA) is 29.1 Å². The lowest BCUT2D eigenvalue weighted by Gasteiger charge is -2.10. The molecule has 1 N–H and O–H groups in total. The van der Waals surface area contributed by atoms with E-state index in [1.54, 1.807) is 0 Å². The summed E-state index contributed by atoms with van der Waals surface area (Å²) in [6, 6.07) is 8.38. The predicted molar refractivity (Wildman–Crippen MR) is 67.2 cm³/mol. The SMILES string of the molecule is CC(C)C(=O)NCc1cccc(C(C)C)c1. The van der Waals surface area contributed by atoms with Crippen molar-refractivity contribution in [3.8, 4) is 0 Å². The molecule has 0 saturated carbocycles. The van der Waals surface area contributed by atoms with Crippen molar-refractivity contribution in [2.75, 3.05) is 0 Å². The van der Waals surface area contributed by atoms with Gasteiger partial charge in [0.15, 0.2) is 0 Å². The third-order valence-corrected chi connectivity index (χ3v) is 2.61. The molecular formula is C14H21NO. The maximum absolute atomic E-state index is 11.4. The molecule has 0 radical (unpaired) electrons. The van der Waals surface area contributed by atoms with Crippen LogP contribution in [0.2, 0.25) is 0 Å². The molecule has 2 heteroatoms. The number of nitrogens with one attached hydrogen (secondary N) is 1. The standard InChI is InChI=1S/C14H21NO/c1-10(2)13-7-5-6-12(8-13)9-15-14(16)11(3)4/h5-8,10-11H,9H2,1-4H3,(H,15,16). The Bertz CT molecular complexity index is 356. The molecule has 0 aliphatic carbocycles. The van der Waals surface area contributed by atoms with Crippen LogP contribution in [0.4, 0.5) is 0 Å². The van der Waals surface area contributed by atoms with Crippen molar-refractivity contribution >= 4 is 5.91 Å². The van der Waals surface area contributed by atoms with Gasteiger partial charge in [0.05, 0.1) is 0 Å². The number of hydrogen-bond donors (Lipinski definition) is 1. The Labute approximate surface area is 98.1 Å². The molecule has 0 saturated heterocycles. The second-order valence-corrected chi connectivity index (χ2v) is 4.77. The van der Waals surface area contributed by atoms with Crippen molar-refractivity contribution in [2.45, 2.75) is 40.2 Å². The molecule has 0 spiro atoms. The van der Waals surface area contributed by atoms with Gasteiger partial charge < -0.3 is 5.32 Å². The normalized spacial score (nSPS) is 10.9. The van der Waals surface area contributed by atoms with E-state index in [0.717, 1.165) is 0 Å². The lowest BCUT2D eigenvalue weighted by molar-refractivity contribution is -0.124. The molecule has 0 aliphatic rings. The molecule has 2 nitrogen and oxygen atoms in total. The van der Waals surface area contributed by atoms with Gasteiger partial charge in [-0.3, -0.25) is 4.79 Å². The molecule has 88 valence electrons. The zero-order chi connectivity index (χ0) is 12.1. The highest BCUT2D eigenvalue weighted by atomic mass is 16.1. The fourth-order valence-electron chi connectivity index (χ4n) is 1.46. The van der Waals surface area contributed by atoms with Gasteiger partial charge in [-0.15, -0.1) is 0 Å². The molecule has 1 rings (SSSR count). The third kappa shape index (κ3) is 3.69. The summed E-state index contributed by atoms with van der Waals surface area (Å²) in [4.78, 5) is 11.4. The summed E-state index contributed by atoms with van der Waals surface area (Å²) in [7, 11) is 0. The van der Waals surface area contributed by atoms with Gasteiger partial charge in [-0.25, -0.2) is 0 Å². The van der Waals surface area contributed by atoms with Crippen molar-refractivity contribution in [3.63, 3.8) is 0 Å². The van der Waals surface area contributed by atoms with Gasteiger partial charge in [0, 0.05) is 12.5 Å². The van der Waals surface area contributed by atoms with Gasteiger partial charge in [-0.05, 0) is 17.0 Å². The Balaban J connectivity index is 2.61. The van der Waals surface area contributed by atoms with Gasteiger partial charge in [-0.1, -0.05) is 52.0 Å². The molecule has 1 amide bonds. The van der Waals surface area contributed by atoms with E-state index >= 15 is 0 Å². The molecule has 0 unspecified atom stereocenters. The van der Waals surface area contributed by atoms with E-state index in [9.17, 15) is 4.79 Å². The first-order valence-corrected chi connectivity index (χ1v) is 5.87. The van der Waals surface area contributed by atoms with Crippen LogP contribution < -0.4 is 5.32 Å². The molecule has 16 heavy (non-hydrogen) atoms. The second kappa shape index (κ2) is 5.69. The van der Waals surface area contributed by atoms with Gasteiger partial charge >= 0.3 is 0 Å². The van der Waals surface area contributed by atoms with E-state index in [1.807, 2.05) is 26.0 Å². The highest BCUT2D eigenvalue weighted by molar-refractivity contribution is 5.77. The maximum Gasteiger partial charge on any atom is 0.222 e. The van der Waals surface area contributed by atoms with Crippen LogP contribution in [0.25, 0.3) is 0 Å². The van der Waals surface area contributed by atoms with Crippen LogP contribution in [-0.2, 0) is 11.3 Å². The Morgan fingerprint density at radius 2 is 1.94 bits per heavy atom. The molecule has 0 aromatic heterocycles. The van der Waals surface area contributed by atoms with Gasteiger partial charge in [-0.2, -0.15) is 0 Å². The average molecular weight is 219 g/mol. The summed E-state index contributed by atoms with van der Waals surface area (Å²) in [5.41, 5.74) is 2.48. The Morgan fingerprint density at radius 1 is 1.25 bits per heavy atom. The minimum atomic E-state index is 0.0493. The van der Waals surface area contributed by atoms with Crippen molar-refractivity contribution in [3.05, 3.63) is 35.4 Å². The van der Waals surface area contributed by atoms with Crippen LogP contribution in [-0.4, -0.2) is 5.91 Å². The van der Waals surface area contributed by atoms with Crippen LogP contribution >= 0.6 is 0 Å². The Hall–Kier alpha value is -1.31. The van der Waals surface area contributed by atoms with Gasteiger partial charge in [0.1, 0.15) is 0 Å². The van der Waals surface area contributed by atoms with E-state index in [2.05, 4.69) is 31.3 Å². The van der Waals surface area contributed by atoms with Crippen molar-refractivity contribution in [2.24, 2.45) is 5.92 Å². The van der Waals surface area contributed by atoms with Crippen LogP contribution in [0.5, 0.6) is 0 Å². The summed E-state index contributed by atoms with van der Waals surface area (Å²) in [5.74, 6) is 0.684. The molecule has 0 atom stereocenters. The van der Waals surface area contributed by atoms with Crippen LogP contribution in [0.1, 0.15) is 44.7 Å². The number of carbonyl (C=O) groups is 1. The minimum Gasteiger partial charge on any atom is -0.352 e. The highest BCUT2D eigenvalue weighted by Crippen LogP contribution is 2.15. The van der Waals surface area contributed by atoms with E-state index in [4.69, 9.17) is 0 Å². The first kappa shape index (κ1) is 12.8. The zero-order valence-electron chi connectivity index (χ0n) is 10.6. The lowest BCUT2D eigenvalue weighted by atomic mass is 10.0. The quantitative estimate of drug-likeness (QED) is 0.828. The third-order valence-electron chi connectivity index (χ3n) is 2.61. The molecule has 0 fully saturated rings.